The summed E-state index contributed by atoms with van der Waals surface area (Å²) in [6, 6.07) is 0.191. The molecule has 1 fully saturated rings. The molecule has 88 valence electrons. The van der Waals surface area contributed by atoms with Gasteiger partial charge in [0.2, 0.25) is 5.91 Å². The van der Waals surface area contributed by atoms with Crippen molar-refractivity contribution in [3.05, 3.63) is 12.5 Å². The number of anilines is 1. The van der Waals surface area contributed by atoms with E-state index in [2.05, 4.69) is 5.16 Å². The summed E-state index contributed by atoms with van der Waals surface area (Å²) in [5, 5.41) is 5.41. The Labute approximate surface area is 93.9 Å². The van der Waals surface area contributed by atoms with Gasteiger partial charge in [-0.25, -0.2) is 5.01 Å². The third-order valence-corrected chi connectivity index (χ3v) is 2.90. The molecule has 16 heavy (non-hydrogen) atoms. The molecule has 1 aromatic rings. The number of hydrogen-bond donors (Lipinski definition) is 1. The normalized spacial score (nSPS) is 18.6. The van der Waals surface area contributed by atoms with Crippen LogP contribution in [0.15, 0.2) is 17.0 Å². The predicted molar refractivity (Wildman–Crippen MR) is 58.4 cm³/mol. The van der Waals surface area contributed by atoms with Crippen LogP contribution in [-0.4, -0.2) is 35.2 Å². The second-order valence-electron chi connectivity index (χ2n) is 4.04. The highest BCUT2D eigenvalue weighted by molar-refractivity contribution is 5.91. The minimum Gasteiger partial charge on any atom is -0.363 e. The van der Waals surface area contributed by atoms with E-state index < -0.39 is 0 Å². The van der Waals surface area contributed by atoms with Crippen LogP contribution in [0.2, 0.25) is 0 Å². The van der Waals surface area contributed by atoms with E-state index in [1.54, 1.807) is 23.0 Å². The van der Waals surface area contributed by atoms with Gasteiger partial charge in [-0.1, -0.05) is 5.16 Å². The topological polar surface area (TPSA) is 75.6 Å². The molecule has 0 unspecified atom stereocenters. The van der Waals surface area contributed by atoms with Gasteiger partial charge in [0, 0.05) is 26.1 Å². The SMILES string of the molecule is CC(=O)N(c1cnoc1)C1CCN(N)CC1. The van der Waals surface area contributed by atoms with Crippen molar-refractivity contribution < 1.29 is 9.32 Å². The largest absolute Gasteiger partial charge is 0.363 e. The number of rotatable bonds is 2. The first-order valence-electron chi connectivity index (χ1n) is 5.37. The molecule has 0 bridgehead atoms. The van der Waals surface area contributed by atoms with E-state index >= 15 is 0 Å². The van der Waals surface area contributed by atoms with Gasteiger partial charge < -0.3 is 9.42 Å². The van der Waals surface area contributed by atoms with Crippen LogP contribution in [0.25, 0.3) is 0 Å². The first-order chi connectivity index (χ1) is 7.68. The molecule has 1 aromatic heterocycles. The van der Waals surface area contributed by atoms with Crippen molar-refractivity contribution in [1.29, 1.82) is 0 Å². The summed E-state index contributed by atoms with van der Waals surface area (Å²) >= 11 is 0. The first-order valence-corrected chi connectivity index (χ1v) is 5.37. The lowest BCUT2D eigenvalue weighted by Crippen LogP contribution is -2.48. The highest BCUT2D eigenvalue weighted by atomic mass is 16.5. The monoisotopic (exact) mass is 224 g/mol. The average Bonchev–Trinajstić information content (AvgIpc) is 2.74. The molecule has 0 aromatic carbocycles. The van der Waals surface area contributed by atoms with Crippen molar-refractivity contribution >= 4 is 11.6 Å². The molecule has 2 N–H and O–H groups in total. The zero-order valence-corrected chi connectivity index (χ0v) is 9.30. The maximum Gasteiger partial charge on any atom is 0.224 e. The molecule has 1 aliphatic heterocycles. The molecule has 0 aliphatic carbocycles. The average molecular weight is 224 g/mol. The number of amides is 1. The summed E-state index contributed by atoms with van der Waals surface area (Å²) in [4.78, 5) is 13.4. The van der Waals surface area contributed by atoms with Gasteiger partial charge in [-0.15, -0.1) is 0 Å². The van der Waals surface area contributed by atoms with Crippen molar-refractivity contribution in [2.24, 2.45) is 5.84 Å². The predicted octanol–water partition coefficient (Wildman–Crippen LogP) is 0.366. The zero-order valence-electron chi connectivity index (χ0n) is 9.30. The van der Waals surface area contributed by atoms with Crippen LogP contribution < -0.4 is 10.7 Å². The maximum atomic E-state index is 11.6. The summed E-state index contributed by atoms with van der Waals surface area (Å²) in [7, 11) is 0. The second kappa shape index (κ2) is 4.63. The third kappa shape index (κ3) is 2.23. The molecule has 1 amide bonds. The molecule has 0 radical (unpaired) electrons. The number of nitrogens with two attached hydrogens (primary N) is 1. The smallest absolute Gasteiger partial charge is 0.224 e. The molecule has 1 saturated heterocycles. The number of carbonyl (C=O) groups is 1. The minimum atomic E-state index is 0.0127. The summed E-state index contributed by atoms with van der Waals surface area (Å²) < 4.78 is 4.78. The van der Waals surface area contributed by atoms with Crippen LogP contribution in [0.4, 0.5) is 5.69 Å². The Morgan fingerprint density at radius 1 is 1.62 bits per heavy atom. The minimum absolute atomic E-state index is 0.0127. The number of hydrogen-bond acceptors (Lipinski definition) is 5. The molecular formula is C10H16N4O2. The molecule has 0 atom stereocenters. The zero-order chi connectivity index (χ0) is 11.5. The Kier molecular flexibility index (Phi) is 3.21. The molecule has 1 aliphatic rings. The van der Waals surface area contributed by atoms with Crippen LogP contribution in [0.3, 0.4) is 0 Å². The Morgan fingerprint density at radius 2 is 2.31 bits per heavy atom. The van der Waals surface area contributed by atoms with Crippen LogP contribution in [0, 0.1) is 0 Å². The third-order valence-electron chi connectivity index (χ3n) is 2.90. The standard InChI is InChI=1S/C10H16N4O2/c1-8(15)14(10-6-12-16-7-10)9-2-4-13(11)5-3-9/h6-7,9H,2-5,11H2,1H3. The Balaban J connectivity index is 2.11. The molecular weight excluding hydrogens is 208 g/mol. The van der Waals surface area contributed by atoms with Gasteiger partial charge in [0.1, 0.15) is 12.0 Å². The van der Waals surface area contributed by atoms with Gasteiger partial charge >= 0.3 is 0 Å². The van der Waals surface area contributed by atoms with Gasteiger partial charge in [0.25, 0.3) is 0 Å². The lowest BCUT2D eigenvalue weighted by molar-refractivity contribution is -0.117. The lowest BCUT2D eigenvalue weighted by Gasteiger charge is -2.35. The van der Waals surface area contributed by atoms with Gasteiger partial charge in [-0.05, 0) is 12.8 Å². The van der Waals surface area contributed by atoms with Gasteiger partial charge in [-0.2, -0.15) is 0 Å². The summed E-state index contributed by atoms with van der Waals surface area (Å²) in [6.07, 6.45) is 4.81. The summed E-state index contributed by atoms with van der Waals surface area (Å²) in [6.45, 7) is 3.17. The van der Waals surface area contributed by atoms with Crippen molar-refractivity contribution in [2.75, 3.05) is 18.0 Å². The first kappa shape index (κ1) is 11.1. The molecule has 6 nitrogen and oxygen atoms in total. The molecule has 0 spiro atoms. The van der Waals surface area contributed by atoms with Crippen LogP contribution in [0.1, 0.15) is 19.8 Å². The Bertz CT molecular complexity index is 344. The quantitative estimate of drug-likeness (QED) is 0.734. The van der Waals surface area contributed by atoms with Crippen molar-refractivity contribution in [1.82, 2.24) is 10.2 Å². The number of carbonyl (C=O) groups excluding carboxylic acids is 1. The maximum absolute atomic E-state index is 11.6. The summed E-state index contributed by atoms with van der Waals surface area (Å²) in [5.41, 5.74) is 0.725. The molecule has 2 rings (SSSR count). The number of hydrazine groups is 1. The van der Waals surface area contributed by atoms with E-state index in [9.17, 15) is 4.79 Å². The van der Waals surface area contributed by atoms with E-state index in [-0.39, 0.29) is 11.9 Å². The highest BCUT2D eigenvalue weighted by Gasteiger charge is 2.27. The Morgan fingerprint density at radius 3 is 2.81 bits per heavy atom. The molecule has 6 heteroatoms. The fourth-order valence-electron chi connectivity index (χ4n) is 2.11. The number of piperidine rings is 1. The van der Waals surface area contributed by atoms with Crippen molar-refractivity contribution in [3.63, 3.8) is 0 Å². The lowest BCUT2D eigenvalue weighted by atomic mass is 10.0. The van der Waals surface area contributed by atoms with Gasteiger partial charge in [-0.3, -0.25) is 10.6 Å². The Hall–Kier alpha value is -1.40. The second-order valence-corrected chi connectivity index (χ2v) is 4.04. The molecule has 0 saturated carbocycles. The summed E-state index contributed by atoms with van der Waals surface area (Å²) in [5.74, 6) is 5.70. The fraction of sp³-hybridized carbons (Fsp3) is 0.600. The van der Waals surface area contributed by atoms with Crippen LogP contribution in [-0.2, 0) is 4.79 Å². The number of nitrogens with zero attached hydrogens (tertiary/aromatic N) is 3. The van der Waals surface area contributed by atoms with Gasteiger partial charge in [0.05, 0.1) is 6.20 Å². The van der Waals surface area contributed by atoms with Crippen LogP contribution >= 0.6 is 0 Å². The van der Waals surface area contributed by atoms with Crippen molar-refractivity contribution in [3.8, 4) is 0 Å². The number of aromatic nitrogens is 1. The van der Waals surface area contributed by atoms with E-state index in [0.717, 1.165) is 31.6 Å². The van der Waals surface area contributed by atoms with E-state index in [4.69, 9.17) is 10.4 Å². The van der Waals surface area contributed by atoms with E-state index in [1.165, 1.54) is 6.26 Å². The fourth-order valence-corrected chi connectivity index (χ4v) is 2.11. The highest BCUT2D eigenvalue weighted by Crippen LogP contribution is 2.22. The van der Waals surface area contributed by atoms with E-state index in [0.29, 0.717) is 0 Å². The molecule has 2 heterocycles. The van der Waals surface area contributed by atoms with E-state index in [1.807, 2.05) is 0 Å². The van der Waals surface area contributed by atoms with Crippen molar-refractivity contribution in [2.45, 2.75) is 25.8 Å². The van der Waals surface area contributed by atoms with Crippen LogP contribution in [0.5, 0.6) is 0 Å². The van der Waals surface area contributed by atoms with Gasteiger partial charge in [0.15, 0.2) is 0 Å².